The highest BCUT2D eigenvalue weighted by Crippen LogP contribution is 2.55. The highest BCUT2D eigenvalue weighted by atomic mass is 35.5. The number of rotatable bonds is 12. The van der Waals surface area contributed by atoms with Gasteiger partial charge in [0.15, 0.2) is 19.0 Å². The lowest BCUT2D eigenvalue weighted by Crippen LogP contribution is -2.39. The Bertz CT molecular complexity index is 2380. The summed E-state index contributed by atoms with van der Waals surface area (Å²) in [6.07, 6.45) is -6.68. The summed E-state index contributed by atoms with van der Waals surface area (Å²) in [5, 5.41) is -1.23. The molecule has 2 aromatic heterocycles. The monoisotopic (exact) mass is 787 g/mol. The molecule has 2 N–H and O–H groups in total. The molecule has 5 aromatic rings. The molecule has 0 spiro atoms. The maximum absolute atomic E-state index is 13.9. The van der Waals surface area contributed by atoms with Gasteiger partial charge in [0.05, 0.1) is 58.0 Å². The van der Waals surface area contributed by atoms with Crippen molar-refractivity contribution in [2.24, 2.45) is 0 Å². The number of amides is 1. The summed E-state index contributed by atoms with van der Waals surface area (Å²) in [6.45, 7) is -3.62. The van der Waals surface area contributed by atoms with E-state index in [9.17, 15) is 44.3 Å². The maximum atomic E-state index is 13.9. The average Bonchev–Trinajstić information content (AvgIpc) is 3.82. The molecule has 6 rings (SSSR count). The number of hydrogen-bond acceptors (Lipinski definition) is 8. The van der Waals surface area contributed by atoms with Crippen molar-refractivity contribution in [2.45, 2.75) is 36.4 Å². The third-order valence-electron chi connectivity index (χ3n) is 8.49. The molecule has 53 heavy (non-hydrogen) atoms. The number of nitrogens with one attached hydrogen (secondary N) is 2. The maximum Gasteiger partial charge on any atom is 0.422 e. The van der Waals surface area contributed by atoms with Gasteiger partial charge in [-0.05, 0) is 54.8 Å². The Morgan fingerprint density at radius 3 is 2.11 bits per heavy atom. The minimum absolute atomic E-state index is 0.0756. The Hall–Kier alpha value is -5.10. The van der Waals surface area contributed by atoms with Crippen LogP contribution in [-0.2, 0) is 26.0 Å². The van der Waals surface area contributed by atoms with Crippen LogP contribution in [0.3, 0.4) is 0 Å². The van der Waals surface area contributed by atoms with Crippen molar-refractivity contribution in [1.29, 1.82) is 0 Å². The minimum Gasteiger partial charge on any atom is -0.496 e. The number of nitrogens with zero attached hydrogens (tertiary/aromatic N) is 1. The van der Waals surface area contributed by atoms with Crippen molar-refractivity contribution >= 4 is 49.2 Å². The second-order valence-electron chi connectivity index (χ2n) is 12.1. The molecular weight excluding hydrogens is 760 g/mol. The number of fused-ring (bicyclic) bond motifs is 2. The number of hydrogen-bond donors (Lipinski definition) is 2. The number of halogens is 7. The normalized spacial score (nSPS) is 14.3. The van der Waals surface area contributed by atoms with Crippen LogP contribution in [0.2, 0.25) is 5.02 Å². The molecule has 0 saturated heterocycles. The summed E-state index contributed by atoms with van der Waals surface area (Å²) in [5.74, 6) is -1.90. The van der Waals surface area contributed by atoms with Crippen LogP contribution in [0.25, 0.3) is 27.4 Å². The van der Waals surface area contributed by atoms with Gasteiger partial charge in [0.2, 0.25) is 15.9 Å². The van der Waals surface area contributed by atoms with Crippen molar-refractivity contribution < 1.29 is 58.5 Å². The van der Waals surface area contributed by atoms with Crippen LogP contribution in [0.4, 0.5) is 26.3 Å². The fourth-order valence-corrected chi connectivity index (χ4v) is 7.58. The predicted octanol–water partition coefficient (Wildman–Crippen LogP) is 6.70. The Morgan fingerprint density at radius 2 is 1.55 bits per heavy atom. The van der Waals surface area contributed by atoms with Crippen LogP contribution in [0.5, 0.6) is 23.0 Å². The van der Waals surface area contributed by atoms with Gasteiger partial charge in [-0.15, -0.1) is 0 Å². The van der Waals surface area contributed by atoms with E-state index in [1.165, 1.54) is 50.7 Å². The van der Waals surface area contributed by atoms with Crippen LogP contribution in [0.1, 0.15) is 24.0 Å². The number of alkyl halides is 6. The molecule has 1 saturated carbocycles. The first-order chi connectivity index (χ1) is 24.9. The van der Waals surface area contributed by atoms with Gasteiger partial charge in [-0.2, -0.15) is 26.3 Å². The highest BCUT2D eigenvalue weighted by molar-refractivity contribution is 7.89. The van der Waals surface area contributed by atoms with E-state index in [1.54, 1.807) is 18.2 Å². The van der Waals surface area contributed by atoms with Crippen LogP contribution < -0.4 is 29.2 Å². The van der Waals surface area contributed by atoms with Crippen LogP contribution in [-0.4, -0.2) is 63.7 Å². The second kappa shape index (κ2) is 13.7. The van der Waals surface area contributed by atoms with Gasteiger partial charge in [0.1, 0.15) is 17.2 Å². The minimum atomic E-state index is -4.84. The van der Waals surface area contributed by atoms with Crippen LogP contribution in [0, 0.1) is 0 Å². The van der Waals surface area contributed by atoms with Crippen molar-refractivity contribution in [1.82, 2.24) is 14.3 Å². The fourth-order valence-electron chi connectivity index (χ4n) is 6.12. The first kappa shape index (κ1) is 37.7. The SMILES string of the molecule is COc1cccc(OC)c1C1(C(=O)NS(=O)(=O)Cc2ccc(-n3cc4c(OCC(F)(F)F)c5[nH]cccc5c(OCC(F)(F)F)c4c3=O)c(Cl)c2)CC1. The first-order valence-corrected chi connectivity index (χ1v) is 17.5. The topological polar surface area (TPSA) is 138 Å². The summed E-state index contributed by atoms with van der Waals surface area (Å²) in [5.41, 5.74) is -2.04. The fraction of sp³-hybridized carbons (Fsp3) is 0.294. The van der Waals surface area contributed by atoms with E-state index in [0.29, 0.717) is 29.9 Å². The van der Waals surface area contributed by atoms with Crippen molar-refractivity contribution in [3.63, 3.8) is 0 Å². The zero-order valence-corrected chi connectivity index (χ0v) is 29.1. The number of pyridine rings is 1. The second-order valence-corrected chi connectivity index (χ2v) is 14.2. The van der Waals surface area contributed by atoms with Gasteiger partial charge in [-0.25, -0.2) is 8.42 Å². The number of benzene rings is 3. The standard InChI is InChI=1S/C34H28ClF6N3O8S/c1-49-23-6-3-7-24(50-2)26(23)32(10-11-32)31(46)43-53(47,48)15-18-8-9-22(21(35)13-18)44-14-20-25(30(44)45)28(51-16-33(36,37)38)19-5-4-12-42-27(19)29(20)52-17-34(39,40)41/h3-9,12-14,42H,10-11,15-17H2,1-2H3,(H,43,46). The van der Waals surface area contributed by atoms with E-state index in [4.69, 9.17) is 30.5 Å². The van der Waals surface area contributed by atoms with Crippen LogP contribution in [0.15, 0.2) is 65.7 Å². The van der Waals surface area contributed by atoms with E-state index in [2.05, 4.69) is 9.71 Å². The third-order valence-corrected chi connectivity index (χ3v) is 10.0. The van der Waals surface area contributed by atoms with E-state index < -0.39 is 75.1 Å². The highest BCUT2D eigenvalue weighted by Gasteiger charge is 2.55. The van der Waals surface area contributed by atoms with E-state index in [1.807, 2.05) is 0 Å². The van der Waals surface area contributed by atoms with Gasteiger partial charge < -0.3 is 23.9 Å². The Balaban J connectivity index is 1.35. The zero-order chi connectivity index (χ0) is 38.5. The van der Waals surface area contributed by atoms with Gasteiger partial charge in [-0.1, -0.05) is 23.7 Å². The number of aromatic amines is 1. The third kappa shape index (κ3) is 7.55. The summed E-state index contributed by atoms with van der Waals surface area (Å²) in [4.78, 5) is 29.9. The molecule has 0 bridgehead atoms. The largest absolute Gasteiger partial charge is 0.496 e. The first-order valence-electron chi connectivity index (χ1n) is 15.5. The molecule has 0 atom stereocenters. The Morgan fingerprint density at radius 1 is 0.925 bits per heavy atom. The van der Waals surface area contributed by atoms with E-state index in [-0.39, 0.29) is 32.6 Å². The van der Waals surface area contributed by atoms with Gasteiger partial charge in [0, 0.05) is 17.8 Å². The van der Waals surface area contributed by atoms with Gasteiger partial charge in [0.25, 0.3) is 5.56 Å². The molecule has 1 aliphatic carbocycles. The molecule has 19 heteroatoms. The number of sulfonamides is 1. The van der Waals surface area contributed by atoms with Crippen LogP contribution >= 0.6 is 11.6 Å². The summed E-state index contributed by atoms with van der Waals surface area (Å²) in [7, 11) is -1.53. The lowest BCUT2D eigenvalue weighted by Gasteiger charge is -2.21. The number of aromatic nitrogens is 2. The molecule has 1 fully saturated rings. The number of H-pyrrole nitrogens is 1. The zero-order valence-electron chi connectivity index (χ0n) is 27.6. The number of methoxy groups -OCH3 is 2. The molecule has 1 amide bonds. The lowest BCUT2D eigenvalue weighted by atomic mass is 9.93. The molecule has 3 aromatic carbocycles. The van der Waals surface area contributed by atoms with Gasteiger partial charge in [-0.3, -0.25) is 18.9 Å². The Kier molecular flexibility index (Phi) is 9.74. The van der Waals surface area contributed by atoms with Crippen molar-refractivity contribution in [3.8, 4) is 28.7 Å². The number of carbonyl (C=O) groups is 1. The number of carbonyl (C=O) groups excluding carboxylic acids is 1. The summed E-state index contributed by atoms with van der Waals surface area (Å²) in [6, 6.07) is 11.2. The molecule has 0 radical (unpaired) electrons. The molecule has 0 aliphatic heterocycles. The van der Waals surface area contributed by atoms with E-state index >= 15 is 0 Å². The quantitative estimate of drug-likeness (QED) is 0.133. The summed E-state index contributed by atoms with van der Waals surface area (Å²) >= 11 is 6.52. The molecule has 11 nitrogen and oxygen atoms in total. The summed E-state index contributed by atoms with van der Waals surface area (Å²) < 4.78 is 130. The molecule has 2 heterocycles. The molecule has 282 valence electrons. The Labute approximate surface area is 301 Å². The van der Waals surface area contributed by atoms with Gasteiger partial charge >= 0.3 is 12.4 Å². The van der Waals surface area contributed by atoms with Crippen molar-refractivity contribution in [2.75, 3.05) is 27.4 Å². The molecular formula is C34H28ClF6N3O8S. The molecule has 1 aliphatic rings. The number of ether oxygens (including phenoxy) is 4. The molecule has 0 unspecified atom stereocenters. The van der Waals surface area contributed by atoms with E-state index in [0.717, 1.165) is 10.8 Å². The van der Waals surface area contributed by atoms with Crippen molar-refractivity contribution in [3.05, 3.63) is 87.4 Å². The lowest BCUT2D eigenvalue weighted by molar-refractivity contribution is -0.154. The predicted molar refractivity (Wildman–Crippen MR) is 181 cm³/mol. The average molecular weight is 788 g/mol. The smallest absolute Gasteiger partial charge is 0.422 e.